The van der Waals surface area contributed by atoms with Crippen molar-refractivity contribution in [2.24, 2.45) is 0 Å². The molecule has 4 aromatic rings. The van der Waals surface area contributed by atoms with E-state index in [1.54, 1.807) is 13.0 Å². The number of fused-ring (bicyclic) bond motifs is 1. The Morgan fingerprint density at radius 3 is 2.55 bits per heavy atom. The second-order valence-corrected chi connectivity index (χ2v) is 7.86. The molecule has 0 aliphatic heterocycles. The molecule has 0 aliphatic carbocycles. The van der Waals surface area contributed by atoms with Gasteiger partial charge in [-0.1, -0.05) is 55.8 Å². The normalized spacial score (nSPS) is 10.9. The van der Waals surface area contributed by atoms with E-state index < -0.39 is 18.2 Å². The van der Waals surface area contributed by atoms with Crippen molar-refractivity contribution in [2.45, 2.75) is 39.7 Å². The van der Waals surface area contributed by atoms with Crippen LogP contribution in [0, 0.1) is 18.3 Å². The van der Waals surface area contributed by atoms with Crippen molar-refractivity contribution in [3.05, 3.63) is 87.2 Å². The highest BCUT2D eigenvalue weighted by Crippen LogP contribution is 2.25. The Morgan fingerprint density at radius 1 is 1.15 bits per heavy atom. The molecule has 0 amide bonds. The molecule has 0 spiro atoms. The minimum absolute atomic E-state index is 0.441. The summed E-state index contributed by atoms with van der Waals surface area (Å²) in [6, 6.07) is 17.6. The molecule has 0 fully saturated rings. The van der Waals surface area contributed by atoms with Gasteiger partial charge in [-0.25, -0.2) is 18.9 Å². The van der Waals surface area contributed by atoms with Gasteiger partial charge in [0, 0.05) is 17.7 Å². The van der Waals surface area contributed by atoms with Crippen molar-refractivity contribution in [2.75, 3.05) is 0 Å². The van der Waals surface area contributed by atoms with Crippen molar-refractivity contribution in [1.29, 1.82) is 5.26 Å². The van der Waals surface area contributed by atoms with Crippen LogP contribution in [0.15, 0.2) is 53.3 Å². The van der Waals surface area contributed by atoms with Crippen LogP contribution in [0.3, 0.4) is 0 Å². The van der Waals surface area contributed by atoms with Crippen molar-refractivity contribution >= 4 is 11.6 Å². The van der Waals surface area contributed by atoms with Crippen LogP contribution in [0.5, 0.6) is 0 Å². The first-order valence-electron chi connectivity index (χ1n) is 10.7. The van der Waals surface area contributed by atoms with Crippen molar-refractivity contribution in [3.8, 4) is 17.2 Å². The third-order valence-corrected chi connectivity index (χ3v) is 5.54. The first-order chi connectivity index (χ1) is 15.9. The fraction of sp³-hybridized carbons (Fsp3) is 0.240. The molecule has 0 bridgehead atoms. The maximum absolute atomic E-state index is 12.8. The highest BCUT2D eigenvalue weighted by molar-refractivity contribution is 5.70. The van der Waals surface area contributed by atoms with Crippen LogP contribution in [0.2, 0.25) is 0 Å². The van der Waals surface area contributed by atoms with Gasteiger partial charge in [-0.3, -0.25) is 4.79 Å². The van der Waals surface area contributed by atoms with Crippen molar-refractivity contribution in [1.82, 2.24) is 19.2 Å². The maximum atomic E-state index is 12.8. The molecule has 4 rings (SSSR count). The SMILES string of the molecule is CCCc1nc(C)n2c(=O)n(CC(=O)O)nc2c1Cc1ccc(-c2ccccc2C#N)cc1. The van der Waals surface area contributed by atoms with E-state index in [1.165, 1.54) is 4.40 Å². The fourth-order valence-corrected chi connectivity index (χ4v) is 4.03. The molecule has 8 heteroatoms. The summed E-state index contributed by atoms with van der Waals surface area (Å²) in [7, 11) is 0. The van der Waals surface area contributed by atoms with Gasteiger partial charge >= 0.3 is 11.7 Å². The third kappa shape index (κ3) is 4.26. The first-order valence-corrected chi connectivity index (χ1v) is 10.7. The van der Waals surface area contributed by atoms with Crippen molar-refractivity contribution < 1.29 is 9.90 Å². The number of carbonyl (C=O) groups is 1. The zero-order valence-corrected chi connectivity index (χ0v) is 18.4. The van der Waals surface area contributed by atoms with E-state index in [1.807, 2.05) is 42.5 Å². The van der Waals surface area contributed by atoms with Crippen LogP contribution in [0.4, 0.5) is 0 Å². The average molecular weight is 441 g/mol. The summed E-state index contributed by atoms with van der Waals surface area (Å²) in [5.41, 5.74) is 5.03. The summed E-state index contributed by atoms with van der Waals surface area (Å²) >= 11 is 0. The molecule has 1 N–H and O–H groups in total. The molecule has 0 saturated heterocycles. The number of aryl methyl sites for hydroxylation is 2. The van der Waals surface area contributed by atoms with Gasteiger partial charge in [-0.15, -0.1) is 5.10 Å². The van der Waals surface area contributed by atoms with Crippen LogP contribution in [-0.2, 0) is 24.2 Å². The van der Waals surface area contributed by atoms with Crippen LogP contribution >= 0.6 is 0 Å². The number of aromatic nitrogens is 4. The Morgan fingerprint density at radius 2 is 1.88 bits per heavy atom. The second kappa shape index (κ2) is 9.09. The molecule has 2 aromatic carbocycles. The number of rotatable bonds is 7. The number of aliphatic carboxylic acids is 1. The Labute approximate surface area is 190 Å². The molecular weight excluding hydrogens is 418 g/mol. The van der Waals surface area contributed by atoms with E-state index in [4.69, 9.17) is 5.11 Å². The minimum atomic E-state index is -1.13. The molecule has 0 saturated carbocycles. The van der Waals surface area contributed by atoms with Gasteiger partial charge in [-0.2, -0.15) is 5.26 Å². The topological polar surface area (TPSA) is 113 Å². The molecule has 0 radical (unpaired) electrons. The van der Waals surface area contributed by atoms with Gasteiger partial charge in [-0.05, 0) is 36.1 Å². The molecule has 166 valence electrons. The van der Waals surface area contributed by atoms with Gasteiger partial charge in [0.15, 0.2) is 5.65 Å². The molecule has 0 atom stereocenters. The quantitative estimate of drug-likeness (QED) is 0.470. The lowest BCUT2D eigenvalue weighted by Crippen LogP contribution is -2.26. The van der Waals surface area contributed by atoms with Crippen molar-refractivity contribution in [3.63, 3.8) is 0 Å². The number of carboxylic acids is 1. The van der Waals surface area contributed by atoms with Gasteiger partial charge < -0.3 is 5.11 Å². The Hall–Kier alpha value is -4.25. The summed E-state index contributed by atoms with van der Waals surface area (Å²) < 4.78 is 2.35. The molecule has 0 aliphatic rings. The standard InChI is InChI=1S/C25H23N5O3/c1-3-6-22-21(24-28-29(15-23(31)32)25(33)30(24)16(2)27-22)13-17-9-11-18(12-10-17)20-8-5-4-7-19(20)14-26/h4-5,7-12H,3,6,13,15H2,1-2H3,(H,31,32). The number of hydrogen-bond acceptors (Lipinski definition) is 5. The number of nitriles is 1. The van der Waals surface area contributed by atoms with Crippen LogP contribution in [0.1, 0.15) is 41.6 Å². The zero-order chi connectivity index (χ0) is 23.5. The predicted molar refractivity (Wildman–Crippen MR) is 123 cm³/mol. The Balaban J connectivity index is 1.78. The van der Waals surface area contributed by atoms with E-state index in [-0.39, 0.29) is 0 Å². The summed E-state index contributed by atoms with van der Waals surface area (Å²) in [4.78, 5) is 28.6. The molecule has 8 nitrogen and oxygen atoms in total. The van der Waals surface area contributed by atoms with Gasteiger partial charge in [0.2, 0.25) is 0 Å². The smallest absolute Gasteiger partial charge is 0.352 e. The number of benzene rings is 2. The summed E-state index contributed by atoms with van der Waals surface area (Å²) in [5.74, 6) is -0.642. The summed E-state index contributed by atoms with van der Waals surface area (Å²) in [5, 5.41) is 22.9. The van der Waals surface area contributed by atoms with Crippen LogP contribution in [-0.4, -0.2) is 30.2 Å². The van der Waals surface area contributed by atoms with Gasteiger partial charge in [0.25, 0.3) is 0 Å². The lowest BCUT2D eigenvalue weighted by Gasteiger charge is -2.12. The molecule has 0 unspecified atom stereocenters. The molecule has 2 heterocycles. The van der Waals surface area contributed by atoms with E-state index in [2.05, 4.69) is 23.1 Å². The predicted octanol–water partition coefficient (Wildman–Crippen LogP) is 3.37. The Kier molecular flexibility index (Phi) is 6.05. The average Bonchev–Trinajstić information content (AvgIpc) is 3.13. The summed E-state index contributed by atoms with van der Waals surface area (Å²) in [6.07, 6.45) is 2.09. The molecule has 2 aromatic heterocycles. The minimum Gasteiger partial charge on any atom is -0.480 e. The van der Waals surface area contributed by atoms with E-state index in [9.17, 15) is 14.9 Å². The summed E-state index contributed by atoms with van der Waals surface area (Å²) in [6.45, 7) is 3.28. The number of nitrogens with zero attached hydrogens (tertiary/aromatic N) is 5. The highest BCUT2D eigenvalue weighted by Gasteiger charge is 2.19. The van der Waals surface area contributed by atoms with Crippen LogP contribution in [0.25, 0.3) is 16.8 Å². The number of carboxylic acid groups (broad SMARTS) is 1. The third-order valence-electron chi connectivity index (χ3n) is 5.54. The lowest BCUT2D eigenvalue weighted by molar-refractivity contribution is -0.137. The molecule has 33 heavy (non-hydrogen) atoms. The first kappa shape index (κ1) is 22.0. The van der Waals surface area contributed by atoms with E-state index in [0.717, 1.165) is 45.5 Å². The Bertz CT molecular complexity index is 1440. The maximum Gasteiger partial charge on any atom is 0.352 e. The molecular formula is C25H23N5O3. The monoisotopic (exact) mass is 441 g/mol. The zero-order valence-electron chi connectivity index (χ0n) is 18.4. The number of hydrogen-bond donors (Lipinski definition) is 1. The van der Waals surface area contributed by atoms with Gasteiger partial charge in [0.1, 0.15) is 12.4 Å². The highest BCUT2D eigenvalue weighted by atomic mass is 16.4. The fourth-order valence-electron chi connectivity index (χ4n) is 4.03. The van der Waals surface area contributed by atoms with Gasteiger partial charge in [0.05, 0.1) is 11.6 Å². The second-order valence-electron chi connectivity index (χ2n) is 7.86. The van der Waals surface area contributed by atoms with E-state index >= 15 is 0 Å². The largest absolute Gasteiger partial charge is 0.480 e. The lowest BCUT2D eigenvalue weighted by atomic mass is 9.97. The van der Waals surface area contributed by atoms with E-state index in [0.29, 0.717) is 23.5 Å². The van der Waals surface area contributed by atoms with Crippen LogP contribution < -0.4 is 5.69 Å².